The van der Waals surface area contributed by atoms with Gasteiger partial charge in [-0.3, -0.25) is 4.79 Å². The summed E-state index contributed by atoms with van der Waals surface area (Å²) in [6.45, 7) is 0.680. The molecule has 0 radical (unpaired) electrons. The van der Waals surface area contributed by atoms with Crippen molar-refractivity contribution < 1.29 is 14.3 Å². The van der Waals surface area contributed by atoms with E-state index in [1.54, 1.807) is 4.90 Å². The Morgan fingerprint density at radius 3 is 2.80 bits per heavy atom. The average molecular weight is 231 g/mol. The van der Waals surface area contributed by atoms with Crippen LogP contribution in [0, 0.1) is 0 Å². The molecule has 0 saturated carbocycles. The number of nitrogens with zero attached hydrogens (tertiary/aromatic N) is 1. The van der Waals surface area contributed by atoms with Gasteiger partial charge in [0, 0.05) is 6.54 Å². The van der Waals surface area contributed by atoms with Crippen LogP contribution in [-0.2, 0) is 14.3 Å². The zero-order valence-electron chi connectivity index (χ0n) is 9.19. The van der Waals surface area contributed by atoms with Crippen LogP contribution >= 0.6 is 11.8 Å². The van der Waals surface area contributed by atoms with E-state index in [0.717, 1.165) is 19.3 Å². The van der Waals surface area contributed by atoms with Gasteiger partial charge in [-0.25, -0.2) is 4.79 Å². The maximum Gasteiger partial charge on any atom is 0.328 e. The standard InChI is InChI=1S/C10H17NO3S/c1-14-10(13)8-5-3-4-6-11(8)9(12)7-15-2/h8H,3-7H2,1-2H3. The van der Waals surface area contributed by atoms with Gasteiger partial charge in [-0.05, 0) is 25.5 Å². The van der Waals surface area contributed by atoms with Gasteiger partial charge < -0.3 is 9.64 Å². The van der Waals surface area contributed by atoms with E-state index >= 15 is 0 Å². The highest BCUT2D eigenvalue weighted by molar-refractivity contribution is 7.99. The number of hydrogen-bond donors (Lipinski definition) is 0. The monoisotopic (exact) mass is 231 g/mol. The molecule has 1 fully saturated rings. The lowest BCUT2D eigenvalue weighted by Gasteiger charge is -2.33. The van der Waals surface area contributed by atoms with Crippen LogP contribution in [-0.4, -0.2) is 48.5 Å². The summed E-state index contributed by atoms with van der Waals surface area (Å²) >= 11 is 1.48. The molecule has 1 unspecified atom stereocenters. The van der Waals surface area contributed by atoms with Crippen molar-refractivity contribution in [1.82, 2.24) is 4.90 Å². The molecule has 0 N–H and O–H groups in total. The minimum Gasteiger partial charge on any atom is -0.467 e. The van der Waals surface area contributed by atoms with Gasteiger partial charge in [0.1, 0.15) is 6.04 Å². The third-order valence-electron chi connectivity index (χ3n) is 2.56. The first-order valence-electron chi connectivity index (χ1n) is 5.07. The second-order valence-electron chi connectivity index (χ2n) is 3.55. The molecular weight excluding hydrogens is 214 g/mol. The van der Waals surface area contributed by atoms with E-state index in [1.807, 2.05) is 6.26 Å². The summed E-state index contributed by atoms with van der Waals surface area (Å²) in [5.41, 5.74) is 0. The first-order chi connectivity index (χ1) is 7.20. The molecule has 1 aliphatic heterocycles. The Morgan fingerprint density at radius 1 is 1.47 bits per heavy atom. The Morgan fingerprint density at radius 2 is 2.20 bits per heavy atom. The van der Waals surface area contributed by atoms with E-state index < -0.39 is 0 Å². The third kappa shape index (κ3) is 3.12. The van der Waals surface area contributed by atoms with Crippen LogP contribution < -0.4 is 0 Å². The molecule has 0 aliphatic carbocycles. The number of piperidine rings is 1. The van der Waals surface area contributed by atoms with Crippen LogP contribution in [0.25, 0.3) is 0 Å². The zero-order chi connectivity index (χ0) is 11.3. The van der Waals surface area contributed by atoms with Crippen molar-refractivity contribution in [3.05, 3.63) is 0 Å². The number of hydrogen-bond acceptors (Lipinski definition) is 4. The number of carbonyl (C=O) groups excluding carboxylic acids is 2. The summed E-state index contributed by atoms with van der Waals surface area (Å²) in [5.74, 6) is 0.190. The zero-order valence-corrected chi connectivity index (χ0v) is 10.0. The number of rotatable bonds is 3. The molecule has 1 atom stereocenters. The minimum atomic E-state index is -0.358. The number of ether oxygens (including phenoxy) is 1. The van der Waals surface area contributed by atoms with Gasteiger partial charge in [-0.1, -0.05) is 0 Å². The molecule has 0 spiro atoms. The van der Waals surface area contributed by atoms with Gasteiger partial charge in [0.25, 0.3) is 0 Å². The lowest BCUT2D eigenvalue weighted by atomic mass is 10.0. The van der Waals surface area contributed by atoms with Gasteiger partial charge in [-0.2, -0.15) is 11.8 Å². The van der Waals surface area contributed by atoms with Gasteiger partial charge >= 0.3 is 5.97 Å². The molecule has 1 heterocycles. The molecular formula is C10H17NO3S. The largest absolute Gasteiger partial charge is 0.467 e. The molecule has 4 nitrogen and oxygen atoms in total. The first-order valence-corrected chi connectivity index (χ1v) is 6.46. The smallest absolute Gasteiger partial charge is 0.328 e. The molecule has 1 amide bonds. The predicted octanol–water partition coefficient (Wildman–Crippen LogP) is 0.903. The second-order valence-corrected chi connectivity index (χ2v) is 4.42. The lowest BCUT2D eigenvalue weighted by Crippen LogP contribution is -2.49. The van der Waals surface area contributed by atoms with Gasteiger partial charge in [0.05, 0.1) is 12.9 Å². The molecule has 86 valence electrons. The Bertz CT molecular complexity index is 245. The van der Waals surface area contributed by atoms with Crippen molar-refractivity contribution in [3.63, 3.8) is 0 Å². The molecule has 1 saturated heterocycles. The SMILES string of the molecule is COC(=O)C1CCCCN1C(=O)CSC. The Balaban J connectivity index is 2.65. The van der Waals surface area contributed by atoms with E-state index in [4.69, 9.17) is 4.74 Å². The molecule has 0 aromatic carbocycles. The van der Waals surface area contributed by atoms with Crippen molar-refractivity contribution in [2.45, 2.75) is 25.3 Å². The molecule has 5 heteroatoms. The van der Waals surface area contributed by atoms with Crippen LogP contribution in [0.4, 0.5) is 0 Å². The van der Waals surface area contributed by atoms with E-state index in [2.05, 4.69) is 0 Å². The normalized spacial score (nSPS) is 21.2. The number of amides is 1. The topological polar surface area (TPSA) is 46.6 Å². The summed E-state index contributed by atoms with van der Waals surface area (Å²) in [6.07, 6.45) is 4.58. The Kier molecular flexibility index (Phi) is 4.94. The predicted molar refractivity (Wildman–Crippen MR) is 59.8 cm³/mol. The van der Waals surface area contributed by atoms with Gasteiger partial charge in [-0.15, -0.1) is 0 Å². The number of thioether (sulfide) groups is 1. The van der Waals surface area contributed by atoms with Crippen LogP contribution in [0.1, 0.15) is 19.3 Å². The van der Waals surface area contributed by atoms with E-state index in [9.17, 15) is 9.59 Å². The first kappa shape index (κ1) is 12.4. The van der Waals surface area contributed by atoms with Crippen LogP contribution in [0.15, 0.2) is 0 Å². The second kappa shape index (κ2) is 6.00. The molecule has 15 heavy (non-hydrogen) atoms. The van der Waals surface area contributed by atoms with Crippen LogP contribution in [0.5, 0.6) is 0 Å². The van der Waals surface area contributed by atoms with Crippen LogP contribution in [0.2, 0.25) is 0 Å². The fourth-order valence-electron chi connectivity index (χ4n) is 1.82. The van der Waals surface area contributed by atoms with Gasteiger partial charge in [0.2, 0.25) is 5.91 Å². The molecule has 0 aromatic rings. The Labute approximate surface area is 94.3 Å². The average Bonchev–Trinajstić information content (AvgIpc) is 2.28. The number of esters is 1. The van der Waals surface area contributed by atoms with Crippen molar-refractivity contribution in [1.29, 1.82) is 0 Å². The van der Waals surface area contributed by atoms with Gasteiger partial charge in [0.15, 0.2) is 0 Å². The summed E-state index contributed by atoms with van der Waals surface area (Å²) in [7, 11) is 1.37. The molecule has 0 bridgehead atoms. The van der Waals surface area contributed by atoms with E-state index in [0.29, 0.717) is 12.3 Å². The summed E-state index contributed by atoms with van der Waals surface area (Å²) < 4.78 is 4.71. The fraction of sp³-hybridized carbons (Fsp3) is 0.800. The van der Waals surface area contributed by atoms with Crippen LogP contribution in [0.3, 0.4) is 0 Å². The molecule has 0 aromatic heterocycles. The quantitative estimate of drug-likeness (QED) is 0.677. The maximum atomic E-state index is 11.7. The minimum absolute atomic E-state index is 0.0394. The van der Waals surface area contributed by atoms with Crippen molar-refractivity contribution in [3.8, 4) is 0 Å². The lowest BCUT2D eigenvalue weighted by molar-refractivity contribution is -0.153. The highest BCUT2D eigenvalue weighted by Gasteiger charge is 2.32. The van der Waals surface area contributed by atoms with E-state index in [-0.39, 0.29) is 17.9 Å². The maximum absolute atomic E-state index is 11.7. The van der Waals surface area contributed by atoms with Crippen molar-refractivity contribution in [2.75, 3.05) is 25.7 Å². The number of methoxy groups -OCH3 is 1. The highest BCUT2D eigenvalue weighted by Crippen LogP contribution is 2.19. The summed E-state index contributed by atoms with van der Waals surface area (Å²) in [6, 6.07) is -0.358. The van der Waals surface area contributed by atoms with Crippen molar-refractivity contribution in [2.24, 2.45) is 0 Å². The summed E-state index contributed by atoms with van der Waals surface area (Å²) in [4.78, 5) is 24.8. The Hall–Kier alpha value is -0.710. The van der Waals surface area contributed by atoms with Crippen molar-refractivity contribution >= 4 is 23.6 Å². The molecule has 1 aliphatic rings. The molecule has 1 rings (SSSR count). The fourth-order valence-corrected chi connectivity index (χ4v) is 2.23. The summed E-state index contributed by atoms with van der Waals surface area (Å²) in [5, 5.41) is 0. The number of carbonyl (C=O) groups is 2. The van der Waals surface area contributed by atoms with E-state index in [1.165, 1.54) is 18.9 Å². The number of likely N-dealkylation sites (tertiary alicyclic amines) is 1. The third-order valence-corrected chi connectivity index (χ3v) is 3.10. The highest BCUT2D eigenvalue weighted by atomic mass is 32.2.